The predicted octanol–water partition coefficient (Wildman–Crippen LogP) is 2.67. The molecule has 3 rings (SSSR count). The molecule has 18 heavy (non-hydrogen) atoms. The zero-order chi connectivity index (χ0) is 12.5. The van der Waals surface area contributed by atoms with Gasteiger partial charge in [0.15, 0.2) is 5.15 Å². The molecule has 0 N–H and O–H groups in total. The van der Waals surface area contributed by atoms with Gasteiger partial charge in [0, 0.05) is 6.20 Å². The summed E-state index contributed by atoms with van der Waals surface area (Å²) in [7, 11) is 0. The van der Waals surface area contributed by atoms with E-state index in [1.54, 1.807) is 23.0 Å². The molecule has 1 aromatic carbocycles. The van der Waals surface area contributed by atoms with Crippen molar-refractivity contribution in [2.24, 2.45) is 0 Å². The average Bonchev–Trinajstić information content (AvgIpc) is 2.74. The van der Waals surface area contributed by atoms with Crippen molar-refractivity contribution >= 4 is 22.6 Å². The SMILES string of the molecule is Fc1cccc(Cn2nnc3c(Cl)nccc32)c1. The van der Waals surface area contributed by atoms with Gasteiger partial charge in [-0.3, -0.25) is 0 Å². The lowest BCUT2D eigenvalue weighted by molar-refractivity contribution is 0.618. The molecule has 0 bridgehead atoms. The third-order valence-corrected chi connectivity index (χ3v) is 2.89. The van der Waals surface area contributed by atoms with Crippen LogP contribution < -0.4 is 0 Å². The Morgan fingerprint density at radius 3 is 3.00 bits per heavy atom. The van der Waals surface area contributed by atoms with E-state index in [1.807, 2.05) is 6.07 Å². The topological polar surface area (TPSA) is 43.6 Å². The Labute approximate surface area is 107 Å². The molecule has 0 aliphatic rings. The molecule has 6 heteroatoms. The van der Waals surface area contributed by atoms with E-state index in [2.05, 4.69) is 15.3 Å². The van der Waals surface area contributed by atoms with Crippen molar-refractivity contribution in [3.05, 3.63) is 53.1 Å². The summed E-state index contributed by atoms with van der Waals surface area (Å²) in [5, 5.41) is 8.28. The standard InChI is InChI=1S/C12H8ClFN4/c13-12-11-10(4-5-15-12)18(17-16-11)7-8-2-1-3-9(14)6-8/h1-6H,7H2. The monoisotopic (exact) mass is 262 g/mol. The Hall–Kier alpha value is -2.01. The summed E-state index contributed by atoms with van der Waals surface area (Å²) in [6.45, 7) is 0.439. The van der Waals surface area contributed by atoms with Crippen molar-refractivity contribution in [2.75, 3.05) is 0 Å². The molecule has 0 fully saturated rings. The van der Waals surface area contributed by atoms with E-state index >= 15 is 0 Å². The molecule has 0 aliphatic carbocycles. The summed E-state index contributed by atoms with van der Waals surface area (Å²) in [6, 6.07) is 8.15. The van der Waals surface area contributed by atoms with Crippen LogP contribution >= 0.6 is 11.6 Å². The van der Waals surface area contributed by atoms with Crippen molar-refractivity contribution in [3.8, 4) is 0 Å². The second kappa shape index (κ2) is 4.34. The first-order valence-electron chi connectivity index (χ1n) is 5.32. The highest BCUT2D eigenvalue weighted by Gasteiger charge is 2.08. The highest BCUT2D eigenvalue weighted by atomic mass is 35.5. The smallest absolute Gasteiger partial charge is 0.158 e. The van der Waals surface area contributed by atoms with Gasteiger partial charge in [-0.05, 0) is 23.8 Å². The van der Waals surface area contributed by atoms with Gasteiger partial charge in [-0.1, -0.05) is 28.9 Å². The number of aromatic nitrogens is 4. The number of nitrogens with zero attached hydrogens (tertiary/aromatic N) is 4. The van der Waals surface area contributed by atoms with Gasteiger partial charge in [0.05, 0.1) is 12.1 Å². The molecule has 2 heterocycles. The van der Waals surface area contributed by atoms with E-state index in [-0.39, 0.29) is 5.82 Å². The van der Waals surface area contributed by atoms with Crippen molar-refractivity contribution in [3.63, 3.8) is 0 Å². The van der Waals surface area contributed by atoms with Gasteiger partial charge in [0.25, 0.3) is 0 Å². The summed E-state index contributed by atoms with van der Waals surface area (Å²) < 4.78 is 14.8. The minimum Gasteiger partial charge on any atom is -0.242 e. The molecule has 0 aliphatic heterocycles. The van der Waals surface area contributed by atoms with Gasteiger partial charge in [0.1, 0.15) is 11.3 Å². The maximum atomic E-state index is 13.1. The number of hydrogen-bond acceptors (Lipinski definition) is 3. The molecule has 0 atom stereocenters. The number of rotatable bonds is 2. The lowest BCUT2D eigenvalue weighted by Gasteiger charge is -2.02. The number of halogens is 2. The molecule has 0 radical (unpaired) electrons. The molecule has 4 nitrogen and oxygen atoms in total. The number of benzene rings is 1. The minimum absolute atomic E-state index is 0.267. The molecule has 0 unspecified atom stereocenters. The first kappa shape index (κ1) is 11.1. The second-order valence-electron chi connectivity index (χ2n) is 3.85. The Morgan fingerprint density at radius 2 is 2.17 bits per heavy atom. The van der Waals surface area contributed by atoms with Crippen LogP contribution in [0.25, 0.3) is 11.0 Å². The van der Waals surface area contributed by atoms with Gasteiger partial charge in [-0.2, -0.15) is 0 Å². The maximum Gasteiger partial charge on any atom is 0.158 e. The van der Waals surface area contributed by atoms with Crippen molar-refractivity contribution < 1.29 is 4.39 Å². The van der Waals surface area contributed by atoms with Crippen molar-refractivity contribution in [1.29, 1.82) is 0 Å². The van der Waals surface area contributed by atoms with Crippen LogP contribution in [0.15, 0.2) is 36.5 Å². The van der Waals surface area contributed by atoms with Crippen molar-refractivity contribution in [1.82, 2.24) is 20.0 Å². The molecular formula is C12H8ClFN4. The largest absolute Gasteiger partial charge is 0.242 e. The fourth-order valence-electron chi connectivity index (χ4n) is 1.79. The lowest BCUT2D eigenvalue weighted by atomic mass is 10.2. The Kier molecular flexibility index (Phi) is 2.68. The summed E-state index contributed by atoms with van der Waals surface area (Å²) in [4.78, 5) is 3.93. The normalized spacial score (nSPS) is 11.0. The molecule has 0 amide bonds. The van der Waals surface area contributed by atoms with Crippen LogP contribution in [0, 0.1) is 5.82 Å². The van der Waals surface area contributed by atoms with Gasteiger partial charge in [-0.15, -0.1) is 5.10 Å². The lowest BCUT2D eigenvalue weighted by Crippen LogP contribution is -2.02. The van der Waals surface area contributed by atoms with Gasteiger partial charge in [0.2, 0.25) is 0 Å². The van der Waals surface area contributed by atoms with Crippen LogP contribution in [0.1, 0.15) is 5.56 Å². The van der Waals surface area contributed by atoms with Gasteiger partial charge < -0.3 is 0 Å². The van der Waals surface area contributed by atoms with Crippen LogP contribution in [0.5, 0.6) is 0 Å². The van der Waals surface area contributed by atoms with E-state index in [4.69, 9.17) is 11.6 Å². The van der Waals surface area contributed by atoms with Crippen LogP contribution in [0.3, 0.4) is 0 Å². The molecule has 3 aromatic rings. The highest BCUT2D eigenvalue weighted by Crippen LogP contribution is 2.18. The minimum atomic E-state index is -0.267. The summed E-state index contributed by atoms with van der Waals surface area (Å²) >= 11 is 5.91. The summed E-state index contributed by atoms with van der Waals surface area (Å²) in [5.74, 6) is -0.267. The van der Waals surface area contributed by atoms with E-state index in [1.165, 1.54) is 12.1 Å². The van der Waals surface area contributed by atoms with E-state index in [0.29, 0.717) is 17.2 Å². The molecule has 90 valence electrons. The zero-order valence-electron chi connectivity index (χ0n) is 9.22. The zero-order valence-corrected chi connectivity index (χ0v) is 9.97. The van der Waals surface area contributed by atoms with E-state index < -0.39 is 0 Å². The van der Waals surface area contributed by atoms with Gasteiger partial charge >= 0.3 is 0 Å². The number of hydrogen-bond donors (Lipinski definition) is 0. The fraction of sp³-hybridized carbons (Fsp3) is 0.0833. The third-order valence-electron chi connectivity index (χ3n) is 2.61. The van der Waals surface area contributed by atoms with Crippen LogP contribution in [0.4, 0.5) is 4.39 Å². The number of pyridine rings is 1. The Morgan fingerprint density at radius 1 is 1.28 bits per heavy atom. The first-order chi connectivity index (χ1) is 8.74. The molecule has 0 spiro atoms. The van der Waals surface area contributed by atoms with E-state index in [0.717, 1.165) is 11.1 Å². The van der Waals surface area contributed by atoms with E-state index in [9.17, 15) is 4.39 Å². The van der Waals surface area contributed by atoms with Crippen molar-refractivity contribution in [2.45, 2.75) is 6.54 Å². The van der Waals surface area contributed by atoms with Crippen LogP contribution in [-0.4, -0.2) is 20.0 Å². The quantitative estimate of drug-likeness (QED) is 0.667. The maximum absolute atomic E-state index is 13.1. The second-order valence-corrected chi connectivity index (χ2v) is 4.20. The Bertz CT molecular complexity index is 710. The Balaban J connectivity index is 2.03. The average molecular weight is 263 g/mol. The molecule has 0 saturated carbocycles. The molecule has 0 saturated heterocycles. The predicted molar refractivity (Wildman–Crippen MR) is 65.8 cm³/mol. The fourth-order valence-corrected chi connectivity index (χ4v) is 1.98. The molecule has 2 aromatic heterocycles. The van der Waals surface area contributed by atoms with Gasteiger partial charge in [-0.25, -0.2) is 14.1 Å². The third kappa shape index (κ3) is 1.93. The molecular weight excluding hydrogens is 255 g/mol. The number of fused-ring (bicyclic) bond motifs is 1. The summed E-state index contributed by atoms with van der Waals surface area (Å²) in [5.41, 5.74) is 2.14. The highest BCUT2D eigenvalue weighted by molar-refractivity contribution is 6.33. The van der Waals surface area contributed by atoms with Crippen LogP contribution in [0.2, 0.25) is 5.15 Å². The first-order valence-corrected chi connectivity index (χ1v) is 5.70. The van der Waals surface area contributed by atoms with Crippen LogP contribution in [-0.2, 0) is 6.54 Å². The summed E-state index contributed by atoms with van der Waals surface area (Å²) in [6.07, 6.45) is 1.59.